The number of hydrogen-bond donors (Lipinski definition) is 1. The molecule has 0 spiro atoms. The molecular weight excluding hydrogens is 387 g/mol. The van der Waals surface area contributed by atoms with Gasteiger partial charge in [-0.25, -0.2) is 8.42 Å². The molecule has 1 aliphatic rings. The summed E-state index contributed by atoms with van der Waals surface area (Å²) in [4.78, 5) is 0.175. The van der Waals surface area contributed by atoms with E-state index in [0.29, 0.717) is 13.1 Å². The van der Waals surface area contributed by atoms with Crippen molar-refractivity contribution < 1.29 is 8.42 Å². The number of rotatable bonds is 3. The Hall–Kier alpha value is 0.150. The fourth-order valence-electron chi connectivity index (χ4n) is 2.22. The molecule has 1 aromatic carbocycles. The van der Waals surface area contributed by atoms with Crippen LogP contribution in [0.5, 0.6) is 0 Å². The minimum atomic E-state index is -3.51. The minimum absolute atomic E-state index is 0. The first-order valence-corrected chi connectivity index (χ1v) is 8.68. The molecule has 0 aromatic heterocycles. The minimum Gasteiger partial charge on any atom is -0.316 e. The third-order valence-electron chi connectivity index (χ3n) is 3.30. The second-order valence-electron chi connectivity index (χ2n) is 4.57. The number of piperidine rings is 1. The zero-order valence-corrected chi connectivity index (χ0v) is 14.9. The summed E-state index contributed by atoms with van der Waals surface area (Å²) in [6.07, 6.45) is 1.86. The van der Waals surface area contributed by atoms with Gasteiger partial charge in [0.05, 0.1) is 5.02 Å². The Labute approximate surface area is 139 Å². The van der Waals surface area contributed by atoms with Gasteiger partial charge in [-0.3, -0.25) is 0 Å². The fourth-order valence-corrected chi connectivity index (χ4v) is 4.75. The second kappa shape index (κ2) is 7.42. The SMILES string of the molecule is CNC1CCCN(S(=O)(=O)c2ccc(Br)cc2Cl)C1.Cl. The molecule has 0 radical (unpaired) electrons. The molecule has 1 atom stereocenters. The van der Waals surface area contributed by atoms with Crippen molar-refractivity contribution in [2.75, 3.05) is 20.1 Å². The third kappa shape index (κ3) is 3.87. The molecule has 8 heteroatoms. The number of sulfonamides is 1. The molecule has 20 heavy (non-hydrogen) atoms. The van der Waals surface area contributed by atoms with Crippen molar-refractivity contribution in [2.24, 2.45) is 0 Å². The zero-order valence-electron chi connectivity index (χ0n) is 11.0. The molecule has 0 amide bonds. The number of nitrogens with zero attached hydrogens (tertiary/aromatic N) is 1. The van der Waals surface area contributed by atoms with E-state index in [9.17, 15) is 8.42 Å². The summed E-state index contributed by atoms with van der Waals surface area (Å²) in [6, 6.07) is 5.05. The molecule has 1 heterocycles. The second-order valence-corrected chi connectivity index (χ2v) is 7.79. The largest absolute Gasteiger partial charge is 0.316 e. The summed E-state index contributed by atoms with van der Waals surface area (Å²) < 4.78 is 27.4. The standard InChI is InChI=1S/C12H16BrClN2O2S.ClH/c1-15-10-3-2-6-16(8-10)19(17,18)12-5-4-9(13)7-11(12)14;/h4-5,7,10,15H,2-3,6,8H2,1H3;1H. The first-order chi connectivity index (χ1) is 8.95. The van der Waals surface area contributed by atoms with E-state index in [4.69, 9.17) is 11.6 Å². The maximum atomic E-state index is 12.6. The van der Waals surface area contributed by atoms with E-state index >= 15 is 0 Å². The summed E-state index contributed by atoms with van der Waals surface area (Å²) in [5.41, 5.74) is 0. The van der Waals surface area contributed by atoms with Gasteiger partial charge >= 0.3 is 0 Å². The highest BCUT2D eigenvalue weighted by Crippen LogP contribution is 2.29. The van der Waals surface area contributed by atoms with E-state index in [-0.39, 0.29) is 28.4 Å². The van der Waals surface area contributed by atoms with Crippen LogP contribution < -0.4 is 5.32 Å². The Bertz CT molecular complexity index is 569. The van der Waals surface area contributed by atoms with Crippen LogP contribution in [0.3, 0.4) is 0 Å². The average Bonchev–Trinajstić information content (AvgIpc) is 2.38. The molecule has 0 bridgehead atoms. The van der Waals surface area contributed by atoms with Crippen LogP contribution in [0.15, 0.2) is 27.6 Å². The quantitative estimate of drug-likeness (QED) is 0.843. The molecule has 114 valence electrons. The predicted molar refractivity (Wildman–Crippen MR) is 87.2 cm³/mol. The highest BCUT2D eigenvalue weighted by Gasteiger charge is 2.31. The Morgan fingerprint density at radius 1 is 1.45 bits per heavy atom. The lowest BCUT2D eigenvalue weighted by Gasteiger charge is -2.31. The van der Waals surface area contributed by atoms with Crippen molar-refractivity contribution in [3.63, 3.8) is 0 Å². The summed E-state index contributed by atoms with van der Waals surface area (Å²) in [7, 11) is -1.66. The van der Waals surface area contributed by atoms with Gasteiger partial charge < -0.3 is 5.32 Å². The van der Waals surface area contributed by atoms with Gasteiger partial charge in [-0.15, -0.1) is 12.4 Å². The van der Waals surface area contributed by atoms with E-state index in [0.717, 1.165) is 17.3 Å². The van der Waals surface area contributed by atoms with Crippen molar-refractivity contribution in [1.82, 2.24) is 9.62 Å². The maximum Gasteiger partial charge on any atom is 0.244 e. The highest BCUT2D eigenvalue weighted by atomic mass is 79.9. The molecule has 1 fully saturated rings. The Morgan fingerprint density at radius 3 is 2.75 bits per heavy atom. The molecular formula is C12H17BrCl2N2O2S. The molecule has 1 unspecified atom stereocenters. The molecule has 1 saturated heterocycles. The van der Waals surface area contributed by atoms with Crippen molar-refractivity contribution in [3.8, 4) is 0 Å². The van der Waals surface area contributed by atoms with Crippen LogP contribution in [0.2, 0.25) is 5.02 Å². The van der Waals surface area contributed by atoms with Crippen LogP contribution in [0, 0.1) is 0 Å². The van der Waals surface area contributed by atoms with Crippen molar-refractivity contribution in [1.29, 1.82) is 0 Å². The van der Waals surface area contributed by atoms with Crippen LogP contribution in [0.1, 0.15) is 12.8 Å². The molecule has 2 rings (SSSR count). The molecule has 0 aliphatic carbocycles. The monoisotopic (exact) mass is 402 g/mol. The van der Waals surface area contributed by atoms with Crippen molar-refractivity contribution in [2.45, 2.75) is 23.8 Å². The van der Waals surface area contributed by atoms with Gasteiger partial charge in [-0.2, -0.15) is 4.31 Å². The van der Waals surface area contributed by atoms with E-state index in [1.807, 2.05) is 7.05 Å². The lowest BCUT2D eigenvalue weighted by molar-refractivity contribution is 0.293. The van der Waals surface area contributed by atoms with Gasteiger partial charge in [0, 0.05) is 23.6 Å². The van der Waals surface area contributed by atoms with Gasteiger partial charge in [-0.05, 0) is 38.1 Å². The van der Waals surface area contributed by atoms with Gasteiger partial charge in [0.2, 0.25) is 10.0 Å². The third-order valence-corrected chi connectivity index (χ3v) is 6.15. The molecule has 0 saturated carbocycles. The number of likely N-dealkylation sites (N-methyl/N-ethyl adjacent to an activating group) is 1. The Morgan fingerprint density at radius 2 is 2.15 bits per heavy atom. The number of halogens is 3. The van der Waals surface area contributed by atoms with E-state index < -0.39 is 10.0 Å². The van der Waals surface area contributed by atoms with Gasteiger partial charge in [0.15, 0.2) is 0 Å². The van der Waals surface area contributed by atoms with Gasteiger partial charge in [0.1, 0.15) is 4.90 Å². The predicted octanol–water partition coefficient (Wildman–Crippen LogP) is 2.90. The lowest BCUT2D eigenvalue weighted by Crippen LogP contribution is -2.46. The normalized spacial score (nSPS) is 20.4. The molecule has 1 aliphatic heterocycles. The number of hydrogen-bond acceptors (Lipinski definition) is 3. The Kier molecular flexibility index (Phi) is 6.76. The van der Waals surface area contributed by atoms with E-state index in [1.54, 1.807) is 18.2 Å². The fraction of sp³-hybridized carbons (Fsp3) is 0.500. The van der Waals surface area contributed by atoms with Crippen LogP contribution in [0.25, 0.3) is 0 Å². The van der Waals surface area contributed by atoms with Gasteiger partial charge in [0.25, 0.3) is 0 Å². The number of nitrogens with one attached hydrogen (secondary N) is 1. The summed E-state index contributed by atoms with van der Waals surface area (Å²) in [5.74, 6) is 0. The molecule has 1 N–H and O–H groups in total. The van der Waals surface area contributed by atoms with E-state index in [2.05, 4.69) is 21.2 Å². The summed E-state index contributed by atoms with van der Waals surface area (Å²) in [5, 5.41) is 3.39. The summed E-state index contributed by atoms with van der Waals surface area (Å²) >= 11 is 9.33. The van der Waals surface area contributed by atoms with Crippen LogP contribution in [-0.4, -0.2) is 38.9 Å². The first-order valence-electron chi connectivity index (χ1n) is 6.07. The van der Waals surface area contributed by atoms with Crippen LogP contribution in [-0.2, 0) is 10.0 Å². The highest BCUT2D eigenvalue weighted by molar-refractivity contribution is 9.10. The van der Waals surface area contributed by atoms with E-state index in [1.165, 1.54) is 4.31 Å². The number of benzene rings is 1. The molecule has 1 aromatic rings. The average molecular weight is 404 g/mol. The Balaban J connectivity index is 0.00000200. The lowest BCUT2D eigenvalue weighted by atomic mass is 10.1. The first kappa shape index (κ1) is 18.2. The smallest absolute Gasteiger partial charge is 0.244 e. The van der Waals surface area contributed by atoms with Gasteiger partial charge in [-0.1, -0.05) is 27.5 Å². The topological polar surface area (TPSA) is 49.4 Å². The molecule has 4 nitrogen and oxygen atoms in total. The van der Waals surface area contributed by atoms with Crippen LogP contribution in [0.4, 0.5) is 0 Å². The summed E-state index contributed by atoms with van der Waals surface area (Å²) in [6.45, 7) is 1.04. The maximum absolute atomic E-state index is 12.6. The zero-order chi connectivity index (χ0) is 14.0. The van der Waals surface area contributed by atoms with Crippen molar-refractivity contribution in [3.05, 3.63) is 27.7 Å². The van der Waals surface area contributed by atoms with Crippen LogP contribution >= 0.6 is 39.9 Å². The van der Waals surface area contributed by atoms with Crippen molar-refractivity contribution >= 4 is 50.0 Å².